The molecular formula is C16H14FNO3. The number of nitrogens with one attached hydrogen (secondary N) is 1. The van der Waals surface area contributed by atoms with Gasteiger partial charge in [0.25, 0.3) is 5.91 Å². The molecule has 1 N–H and O–H groups in total. The molecule has 0 aromatic heterocycles. The zero-order valence-corrected chi connectivity index (χ0v) is 11.4. The van der Waals surface area contributed by atoms with Gasteiger partial charge in [0.1, 0.15) is 12.4 Å². The van der Waals surface area contributed by atoms with Crippen molar-refractivity contribution in [2.75, 3.05) is 11.9 Å². The van der Waals surface area contributed by atoms with Crippen molar-refractivity contribution in [3.8, 4) is 11.5 Å². The second kappa shape index (κ2) is 5.44. The van der Waals surface area contributed by atoms with E-state index >= 15 is 0 Å². The lowest BCUT2D eigenvalue weighted by atomic mass is 10.2. The van der Waals surface area contributed by atoms with Crippen LogP contribution < -0.4 is 14.8 Å². The number of hydrogen-bond donors (Lipinski definition) is 1. The van der Waals surface area contributed by atoms with E-state index in [4.69, 9.17) is 9.47 Å². The Morgan fingerprint density at radius 2 is 2.00 bits per heavy atom. The van der Waals surface area contributed by atoms with E-state index in [1.165, 1.54) is 12.1 Å². The molecule has 2 aromatic carbocycles. The summed E-state index contributed by atoms with van der Waals surface area (Å²) in [4.78, 5) is 12.1. The minimum Gasteiger partial charge on any atom is -0.485 e. The maximum atomic E-state index is 13.7. The van der Waals surface area contributed by atoms with E-state index in [2.05, 4.69) is 5.32 Å². The molecule has 0 fully saturated rings. The van der Waals surface area contributed by atoms with Gasteiger partial charge in [-0.2, -0.15) is 0 Å². The number of fused-ring (bicyclic) bond motifs is 1. The highest BCUT2D eigenvalue weighted by Gasteiger charge is 2.27. The predicted molar refractivity (Wildman–Crippen MR) is 76.1 cm³/mol. The van der Waals surface area contributed by atoms with E-state index in [-0.39, 0.29) is 12.3 Å². The molecule has 21 heavy (non-hydrogen) atoms. The summed E-state index contributed by atoms with van der Waals surface area (Å²) < 4.78 is 24.8. The fraction of sp³-hybridized carbons (Fsp3) is 0.188. The van der Waals surface area contributed by atoms with Gasteiger partial charge in [-0.3, -0.25) is 4.79 Å². The van der Waals surface area contributed by atoms with Crippen LogP contribution in [0.2, 0.25) is 0 Å². The van der Waals surface area contributed by atoms with Gasteiger partial charge in [0.15, 0.2) is 11.5 Å². The summed E-state index contributed by atoms with van der Waals surface area (Å²) in [5, 5.41) is 2.52. The Hall–Kier alpha value is -2.56. The van der Waals surface area contributed by atoms with E-state index < -0.39 is 17.8 Å². The lowest BCUT2D eigenvalue weighted by Crippen LogP contribution is -2.40. The van der Waals surface area contributed by atoms with E-state index in [0.29, 0.717) is 11.5 Å². The standard InChI is InChI=1S/C16H14FNO3/c1-10-6-7-12(11(17)8-10)18-16(19)15-9-20-13-4-2-3-5-14(13)21-15/h2-8,15H,9H2,1H3,(H,18,19). The smallest absolute Gasteiger partial charge is 0.269 e. The highest BCUT2D eigenvalue weighted by atomic mass is 19.1. The van der Waals surface area contributed by atoms with E-state index in [9.17, 15) is 9.18 Å². The average molecular weight is 287 g/mol. The van der Waals surface area contributed by atoms with Crippen LogP contribution in [0.15, 0.2) is 42.5 Å². The lowest BCUT2D eigenvalue weighted by molar-refractivity contribution is -0.125. The lowest BCUT2D eigenvalue weighted by Gasteiger charge is -2.25. The molecule has 5 heteroatoms. The summed E-state index contributed by atoms with van der Waals surface area (Å²) in [5.74, 6) is 0.198. The van der Waals surface area contributed by atoms with Crippen LogP contribution in [0.25, 0.3) is 0 Å². The first-order valence-corrected chi connectivity index (χ1v) is 6.59. The normalized spacial score (nSPS) is 16.4. The van der Waals surface area contributed by atoms with Crippen molar-refractivity contribution in [2.24, 2.45) is 0 Å². The highest BCUT2D eigenvalue weighted by molar-refractivity contribution is 5.94. The first-order valence-electron chi connectivity index (χ1n) is 6.59. The number of ether oxygens (including phenoxy) is 2. The highest BCUT2D eigenvalue weighted by Crippen LogP contribution is 2.31. The minimum atomic E-state index is -0.805. The molecule has 4 nitrogen and oxygen atoms in total. The Balaban J connectivity index is 1.72. The van der Waals surface area contributed by atoms with Crippen LogP contribution in [-0.4, -0.2) is 18.6 Å². The molecule has 2 aromatic rings. The summed E-state index contributed by atoms with van der Waals surface area (Å²) in [6.45, 7) is 1.88. The molecule has 1 heterocycles. The van der Waals surface area contributed by atoms with E-state index in [0.717, 1.165) is 5.56 Å². The number of benzene rings is 2. The summed E-state index contributed by atoms with van der Waals surface area (Å²) in [6, 6.07) is 11.7. The molecule has 0 saturated heterocycles. The van der Waals surface area contributed by atoms with Crippen molar-refractivity contribution in [2.45, 2.75) is 13.0 Å². The molecule has 108 valence electrons. The van der Waals surface area contributed by atoms with Gasteiger partial charge in [0, 0.05) is 0 Å². The quantitative estimate of drug-likeness (QED) is 0.924. The molecule has 1 aliphatic heterocycles. The molecule has 0 radical (unpaired) electrons. The minimum absolute atomic E-state index is 0.0936. The molecule has 0 spiro atoms. The van der Waals surface area contributed by atoms with Crippen LogP contribution in [0.5, 0.6) is 11.5 Å². The monoisotopic (exact) mass is 287 g/mol. The van der Waals surface area contributed by atoms with Gasteiger partial charge in [0.2, 0.25) is 6.10 Å². The molecule has 1 unspecified atom stereocenters. The SMILES string of the molecule is Cc1ccc(NC(=O)C2COc3ccccc3O2)c(F)c1. The number of aryl methyl sites for hydroxylation is 1. The maximum absolute atomic E-state index is 13.7. The van der Waals surface area contributed by atoms with Crippen molar-refractivity contribution in [3.63, 3.8) is 0 Å². The van der Waals surface area contributed by atoms with Crippen molar-refractivity contribution < 1.29 is 18.7 Å². The third kappa shape index (κ3) is 2.81. The molecular weight excluding hydrogens is 273 g/mol. The second-order valence-electron chi connectivity index (χ2n) is 4.84. The van der Waals surface area contributed by atoms with Crippen molar-refractivity contribution >= 4 is 11.6 Å². The van der Waals surface area contributed by atoms with E-state index in [1.54, 1.807) is 31.2 Å². The summed E-state index contributed by atoms with van der Waals surface area (Å²) in [6.07, 6.45) is -0.805. The number of carbonyl (C=O) groups is 1. The molecule has 1 aliphatic rings. The third-order valence-electron chi connectivity index (χ3n) is 3.18. The maximum Gasteiger partial charge on any atom is 0.269 e. The van der Waals surface area contributed by atoms with Gasteiger partial charge in [-0.15, -0.1) is 0 Å². The van der Waals surface area contributed by atoms with Crippen molar-refractivity contribution in [1.82, 2.24) is 0 Å². The van der Waals surface area contributed by atoms with Crippen LogP contribution in [-0.2, 0) is 4.79 Å². The summed E-state index contributed by atoms with van der Waals surface area (Å²) >= 11 is 0. The zero-order chi connectivity index (χ0) is 14.8. The molecule has 3 rings (SSSR count). The fourth-order valence-corrected chi connectivity index (χ4v) is 2.08. The summed E-state index contributed by atoms with van der Waals surface area (Å²) in [5.41, 5.74) is 0.921. The van der Waals surface area contributed by atoms with Crippen molar-refractivity contribution in [3.05, 3.63) is 53.8 Å². The van der Waals surface area contributed by atoms with Gasteiger partial charge in [-0.05, 0) is 36.8 Å². The van der Waals surface area contributed by atoms with Gasteiger partial charge in [-0.1, -0.05) is 18.2 Å². The Bertz CT molecular complexity index is 687. The topological polar surface area (TPSA) is 47.6 Å². The van der Waals surface area contributed by atoms with Gasteiger partial charge < -0.3 is 14.8 Å². The number of para-hydroxylation sites is 2. The number of amides is 1. The number of rotatable bonds is 2. The molecule has 1 atom stereocenters. The largest absolute Gasteiger partial charge is 0.485 e. The Labute approximate surface area is 121 Å². The number of anilines is 1. The number of hydrogen-bond acceptors (Lipinski definition) is 3. The Morgan fingerprint density at radius 1 is 1.24 bits per heavy atom. The van der Waals surface area contributed by atoms with Crippen LogP contribution in [0.3, 0.4) is 0 Å². The van der Waals surface area contributed by atoms with Gasteiger partial charge in [-0.25, -0.2) is 4.39 Å². The second-order valence-corrected chi connectivity index (χ2v) is 4.84. The van der Waals surface area contributed by atoms with Crippen LogP contribution in [0, 0.1) is 12.7 Å². The Morgan fingerprint density at radius 3 is 2.76 bits per heavy atom. The predicted octanol–water partition coefficient (Wildman–Crippen LogP) is 2.91. The zero-order valence-electron chi connectivity index (χ0n) is 11.4. The first kappa shape index (κ1) is 13.4. The van der Waals surface area contributed by atoms with Crippen LogP contribution in [0.4, 0.5) is 10.1 Å². The summed E-state index contributed by atoms with van der Waals surface area (Å²) in [7, 11) is 0. The molecule has 0 aliphatic carbocycles. The molecule has 0 bridgehead atoms. The molecule has 0 saturated carbocycles. The Kier molecular flexibility index (Phi) is 3.48. The van der Waals surface area contributed by atoms with Gasteiger partial charge >= 0.3 is 0 Å². The van der Waals surface area contributed by atoms with Crippen molar-refractivity contribution in [1.29, 1.82) is 0 Å². The number of carbonyl (C=O) groups excluding carboxylic acids is 1. The average Bonchev–Trinajstić information content (AvgIpc) is 2.49. The molecule has 1 amide bonds. The van der Waals surface area contributed by atoms with Crippen LogP contribution >= 0.6 is 0 Å². The number of halogens is 1. The third-order valence-corrected chi connectivity index (χ3v) is 3.18. The fourth-order valence-electron chi connectivity index (χ4n) is 2.08. The van der Waals surface area contributed by atoms with Crippen LogP contribution in [0.1, 0.15) is 5.56 Å². The van der Waals surface area contributed by atoms with Gasteiger partial charge in [0.05, 0.1) is 5.69 Å². The van der Waals surface area contributed by atoms with E-state index in [1.807, 2.05) is 6.07 Å². The first-order chi connectivity index (χ1) is 10.1.